The van der Waals surface area contributed by atoms with E-state index < -0.39 is 63.6 Å². The zero-order valence-corrected chi connectivity index (χ0v) is 35.0. The molecule has 3 fully saturated rings. The van der Waals surface area contributed by atoms with Gasteiger partial charge in [-0.3, -0.25) is 4.79 Å². The molecule has 15 heteroatoms. The maximum Gasteiger partial charge on any atom is 0.573 e. The minimum Gasteiger partial charge on any atom is -0.453 e. The van der Waals surface area contributed by atoms with Crippen LogP contribution in [0.2, 0.25) is 5.02 Å². The first-order chi connectivity index (χ1) is 28.4. The number of hydrogen-bond acceptors (Lipinski definition) is 6. The van der Waals surface area contributed by atoms with Gasteiger partial charge in [0.2, 0.25) is 5.78 Å². The Hall–Kier alpha value is -4.27. The lowest BCUT2D eigenvalue weighted by molar-refractivity contribution is -0.274. The molecule has 3 N–H and O–H groups in total. The molecular formula is C46H49ClF6N2O6. The molecule has 8 nitrogen and oxygen atoms in total. The number of fused-ring (bicyclic) bond motifs is 1. The molecule has 0 radical (unpaired) electrons. The molecule has 6 aliphatic rings. The Morgan fingerprint density at radius 2 is 1.61 bits per heavy atom. The summed E-state index contributed by atoms with van der Waals surface area (Å²) in [6.45, 7) is 7.70. The van der Waals surface area contributed by atoms with Crippen molar-refractivity contribution in [1.82, 2.24) is 10.2 Å². The third-order valence-corrected chi connectivity index (χ3v) is 15.4. The van der Waals surface area contributed by atoms with Crippen molar-refractivity contribution in [1.29, 1.82) is 0 Å². The molecule has 3 aromatic rings. The summed E-state index contributed by atoms with van der Waals surface area (Å²) in [5.74, 6) is -1.35. The molecule has 2 amide bonds. The summed E-state index contributed by atoms with van der Waals surface area (Å²) in [5.41, 5.74) is -4.26. The first-order valence-corrected chi connectivity index (χ1v) is 21.1. The number of nitrogens with one attached hydrogen (secondary N) is 1. The van der Waals surface area contributed by atoms with Crippen LogP contribution in [0.15, 0.2) is 82.8 Å². The van der Waals surface area contributed by atoms with E-state index in [2.05, 4.69) is 29.1 Å². The largest absolute Gasteiger partial charge is 0.573 e. The minimum absolute atomic E-state index is 0.00675. The number of aliphatic hydroxyl groups is 2. The van der Waals surface area contributed by atoms with Crippen LogP contribution in [0.5, 0.6) is 5.75 Å². The van der Waals surface area contributed by atoms with E-state index in [0.29, 0.717) is 49.7 Å². The average Bonchev–Trinajstić information content (AvgIpc) is 3.76. The number of alkyl halides is 6. The summed E-state index contributed by atoms with van der Waals surface area (Å²) in [6, 6.07) is 10.3. The van der Waals surface area contributed by atoms with Crippen LogP contribution >= 0.6 is 11.6 Å². The molecule has 8 unspecified atom stereocenters. The Morgan fingerprint density at radius 3 is 2.28 bits per heavy atom. The van der Waals surface area contributed by atoms with E-state index in [9.17, 15) is 41.4 Å². The number of aliphatic hydroxyl groups excluding tert-OH is 1. The predicted octanol–water partition coefficient (Wildman–Crippen LogP) is 10.9. The molecule has 61 heavy (non-hydrogen) atoms. The number of Topliss-reactive ketones (excluding diaryl/α,β-unsaturated/α-hetero) is 1. The van der Waals surface area contributed by atoms with E-state index >= 15 is 4.79 Å². The highest BCUT2D eigenvalue weighted by molar-refractivity contribution is 6.33. The van der Waals surface area contributed by atoms with Gasteiger partial charge in [-0.15, -0.1) is 13.2 Å². The number of benzene rings is 2. The second kappa shape index (κ2) is 14.7. The number of rotatable bonds is 9. The lowest BCUT2D eigenvalue weighted by Crippen LogP contribution is -2.67. The van der Waals surface area contributed by atoms with Gasteiger partial charge in [0.05, 0.1) is 28.8 Å². The van der Waals surface area contributed by atoms with E-state index in [-0.39, 0.29) is 64.9 Å². The van der Waals surface area contributed by atoms with Crippen LogP contribution in [0.4, 0.5) is 31.1 Å². The lowest BCUT2D eigenvalue weighted by atomic mass is 9.32. The van der Waals surface area contributed by atoms with Gasteiger partial charge in [-0.2, -0.15) is 13.2 Å². The van der Waals surface area contributed by atoms with Gasteiger partial charge in [-0.1, -0.05) is 55.8 Å². The van der Waals surface area contributed by atoms with Crippen molar-refractivity contribution in [2.45, 2.75) is 109 Å². The number of ether oxygens (including phenoxy) is 1. The zero-order chi connectivity index (χ0) is 44.1. The van der Waals surface area contributed by atoms with Gasteiger partial charge in [-0.05, 0) is 124 Å². The van der Waals surface area contributed by atoms with E-state index in [1.807, 2.05) is 13.0 Å². The van der Waals surface area contributed by atoms with Crippen molar-refractivity contribution in [2.75, 3.05) is 6.54 Å². The monoisotopic (exact) mass is 874 g/mol. The number of urea groups is 1. The summed E-state index contributed by atoms with van der Waals surface area (Å²) in [6.07, 6.45) is -0.245. The lowest BCUT2D eigenvalue weighted by Gasteiger charge is -2.71. The van der Waals surface area contributed by atoms with Gasteiger partial charge >= 0.3 is 18.6 Å². The second-order valence-electron chi connectivity index (χ2n) is 18.6. The fourth-order valence-corrected chi connectivity index (χ4v) is 12.3. The molecule has 9 rings (SSSR count). The van der Waals surface area contributed by atoms with Crippen LogP contribution < -0.4 is 10.1 Å². The van der Waals surface area contributed by atoms with E-state index in [1.54, 1.807) is 13.8 Å². The van der Waals surface area contributed by atoms with Crippen molar-refractivity contribution in [3.63, 3.8) is 0 Å². The number of amides is 2. The molecular weight excluding hydrogens is 826 g/mol. The van der Waals surface area contributed by atoms with Crippen LogP contribution in [0, 0.1) is 33.5 Å². The highest BCUT2D eigenvalue weighted by Gasteiger charge is 2.74. The number of hydrogen-bond donors (Lipinski definition) is 3. The van der Waals surface area contributed by atoms with Crippen LogP contribution in [0.1, 0.15) is 94.3 Å². The van der Waals surface area contributed by atoms with Gasteiger partial charge in [-0.25, -0.2) is 4.79 Å². The van der Waals surface area contributed by atoms with Crippen molar-refractivity contribution in [3.8, 4) is 17.1 Å². The highest BCUT2D eigenvalue weighted by Crippen LogP contribution is 2.78. The third-order valence-electron chi connectivity index (χ3n) is 15.0. The molecule has 2 bridgehead atoms. The normalized spacial score (nSPS) is 32.8. The number of allylic oxidation sites excluding steroid dienone is 4. The van der Waals surface area contributed by atoms with E-state index in [0.717, 1.165) is 18.2 Å². The molecule has 6 aliphatic carbocycles. The van der Waals surface area contributed by atoms with Crippen molar-refractivity contribution in [3.05, 3.63) is 100 Å². The molecule has 0 aliphatic heterocycles. The molecule has 328 valence electrons. The molecule has 3 saturated carbocycles. The average molecular weight is 875 g/mol. The highest BCUT2D eigenvalue weighted by atomic mass is 35.5. The topological polar surface area (TPSA) is 112 Å². The minimum atomic E-state index is -4.87. The zero-order valence-electron chi connectivity index (χ0n) is 34.2. The maximum absolute atomic E-state index is 15.1. The van der Waals surface area contributed by atoms with E-state index in [1.165, 1.54) is 41.3 Å². The summed E-state index contributed by atoms with van der Waals surface area (Å²) in [7, 11) is 0. The smallest absolute Gasteiger partial charge is 0.453 e. The Bertz CT molecular complexity index is 2290. The summed E-state index contributed by atoms with van der Waals surface area (Å²) in [4.78, 5) is 30.4. The SMILES string of the molecule is CC(C)NC(=O)N(Cc1ccc(OC(F)(F)F)cc1)CC1(O)CCC2C34C=CC5(C=C3C(=O)c3ccc(-c6cc(C(F)(F)F)ccc6Cl)o3)CC(O)CCC5(C)C4CCC21C. The number of nitrogens with zero attached hydrogens (tertiary/aromatic N) is 1. The third kappa shape index (κ3) is 7.08. The van der Waals surface area contributed by atoms with E-state index in [4.69, 9.17) is 16.0 Å². The van der Waals surface area contributed by atoms with Crippen LogP contribution in [-0.4, -0.2) is 57.6 Å². The second-order valence-corrected chi connectivity index (χ2v) is 19.1. The molecule has 2 spiro atoms. The number of ketones is 1. The van der Waals surface area contributed by atoms with Gasteiger partial charge < -0.3 is 29.6 Å². The number of furan rings is 1. The van der Waals surface area contributed by atoms with Crippen molar-refractivity contribution in [2.24, 2.45) is 33.5 Å². The molecule has 8 atom stereocenters. The Balaban J connectivity index is 1.17. The maximum atomic E-state index is 15.1. The molecule has 2 aromatic carbocycles. The first kappa shape index (κ1) is 43.4. The van der Waals surface area contributed by atoms with Gasteiger partial charge in [0.15, 0.2) is 5.76 Å². The Morgan fingerprint density at radius 1 is 0.934 bits per heavy atom. The number of carbonyl (C=O) groups is 2. The quantitative estimate of drug-likeness (QED) is 0.112. The number of halogens is 7. The summed E-state index contributed by atoms with van der Waals surface area (Å²) in [5, 5.41) is 27.0. The Labute approximate surface area is 355 Å². The van der Waals surface area contributed by atoms with Crippen molar-refractivity contribution >= 4 is 23.4 Å². The van der Waals surface area contributed by atoms with Crippen LogP contribution in [0.25, 0.3) is 11.3 Å². The van der Waals surface area contributed by atoms with Crippen LogP contribution in [-0.2, 0) is 12.7 Å². The summed E-state index contributed by atoms with van der Waals surface area (Å²) >= 11 is 6.37. The Kier molecular flexibility index (Phi) is 10.4. The van der Waals surface area contributed by atoms with Gasteiger partial charge in [0.25, 0.3) is 0 Å². The predicted molar refractivity (Wildman–Crippen MR) is 214 cm³/mol. The van der Waals surface area contributed by atoms with Crippen molar-refractivity contribution < 1.29 is 55.3 Å². The van der Waals surface area contributed by atoms with Crippen LogP contribution in [0.3, 0.4) is 0 Å². The molecule has 1 aromatic heterocycles. The fraction of sp³-hybridized carbons (Fsp3) is 0.522. The first-order valence-electron chi connectivity index (χ1n) is 20.7. The number of carbonyl (C=O) groups excluding carboxylic acids is 2. The van der Waals surface area contributed by atoms with Gasteiger partial charge in [0.1, 0.15) is 11.5 Å². The molecule has 1 heterocycles. The van der Waals surface area contributed by atoms with Gasteiger partial charge in [0, 0.05) is 40.0 Å². The summed E-state index contributed by atoms with van der Waals surface area (Å²) < 4.78 is 89.9. The standard InChI is InChI=1S/C46H49ClF6N2O6/c1-26(2)54-39(58)55(24-27-5-8-30(9-6-27)61-46(51,52)53)25-43(59)18-15-37-41(43,4)17-14-36-40(3)16-13-29(56)22-42(40)19-20-44(36,37)32(23-42)38(57)35-12-11-34(60-35)31-21-28(45(48,49)50)7-10-33(31)47/h5-12,19-21,23,26,29,36-37,56,59H,13-18,22,24-25H2,1-4H3,(H,54,58). The molecule has 0 saturated heterocycles. The fourth-order valence-electron chi connectivity index (χ4n) is 12.1.